The van der Waals surface area contributed by atoms with E-state index in [1.807, 2.05) is 72.8 Å². The molecule has 8 aliphatic rings. The molecule has 15 rings (SSSR count). The van der Waals surface area contributed by atoms with E-state index in [2.05, 4.69) is 119 Å². The molecule has 7 aromatic rings. The maximum atomic E-state index is 13.6. The second kappa shape index (κ2) is 27.4. The van der Waals surface area contributed by atoms with E-state index in [0.717, 1.165) is 33.7 Å². The fourth-order valence-electron chi connectivity index (χ4n) is 12.7. The van der Waals surface area contributed by atoms with Crippen molar-refractivity contribution in [2.75, 3.05) is 4.90 Å². The fourth-order valence-corrected chi connectivity index (χ4v) is 12.7. The number of ketones is 1. The average Bonchev–Trinajstić information content (AvgIpc) is 0.946. The molecule has 12 heteroatoms. The Labute approximate surface area is 516 Å². The van der Waals surface area contributed by atoms with Gasteiger partial charge in [-0.1, -0.05) is 134 Å². The van der Waals surface area contributed by atoms with Gasteiger partial charge in [-0.3, -0.25) is 24.0 Å². The molecule has 0 radical (unpaired) electrons. The molecule has 0 saturated heterocycles. The van der Waals surface area contributed by atoms with Gasteiger partial charge in [0.15, 0.2) is 11.8 Å². The molecule has 0 spiro atoms. The van der Waals surface area contributed by atoms with E-state index in [-0.39, 0.29) is 35.2 Å². The van der Waals surface area contributed by atoms with Crippen molar-refractivity contribution >= 4 is 57.8 Å². The van der Waals surface area contributed by atoms with E-state index in [1.165, 1.54) is 97.8 Å². The summed E-state index contributed by atoms with van der Waals surface area (Å²) in [6, 6.07) is 50.6. The minimum absolute atomic E-state index is 0.155. The summed E-state index contributed by atoms with van der Waals surface area (Å²) in [4.78, 5) is 67.0. The molecule has 0 unspecified atom stereocenters. The SMILES string of the molecule is Cc1ccc(N(c2ccc(C3=C([O-])C(=C4C=CC(=[N+](c5ccc(C)cc5C)C5CCCCC5)C=C4)C3=O)cc2)C2CCCCC2)c(C)c1.O=C1NCc2ccc(cc2)CNC(=O)c2cccc(c2)C(=O)NCc2ccc(cc2)CNC(=O)c2cccc1c2. The van der Waals surface area contributed by atoms with Crippen LogP contribution in [0.25, 0.3) is 5.57 Å². The third kappa shape index (κ3) is 13.9. The summed E-state index contributed by atoms with van der Waals surface area (Å²) in [6.45, 7) is 9.90. The molecule has 7 aromatic carbocycles. The van der Waals surface area contributed by atoms with Gasteiger partial charge >= 0.3 is 0 Å². The third-order valence-corrected chi connectivity index (χ3v) is 17.5. The number of anilines is 2. The highest BCUT2D eigenvalue weighted by Crippen LogP contribution is 2.41. The van der Waals surface area contributed by atoms with Crippen LogP contribution < -0.4 is 31.3 Å². The molecule has 8 bridgehead atoms. The van der Waals surface area contributed by atoms with Crippen molar-refractivity contribution in [3.8, 4) is 0 Å². The van der Waals surface area contributed by atoms with Gasteiger partial charge in [-0.25, -0.2) is 0 Å². The Kier molecular flexibility index (Phi) is 18.7. The molecule has 88 heavy (non-hydrogen) atoms. The predicted octanol–water partition coefficient (Wildman–Crippen LogP) is 13.3. The molecular weight excluding hydrogens is 1090 g/mol. The van der Waals surface area contributed by atoms with Crippen LogP contribution in [0.15, 0.2) is 199 Å². The Morgan fingerprint density at radius 3 is 1.30 bits per heavy atom. The number of carbonyl (C=O) groups excluding carboxylic acids is 5. The van der Waals surface area contributed by atoms with Crippen molar-refractivity contribution < 1.29 is 33.7 Å². The van der Waals surface area contributed by atoms with E-state index in [9.17, 15) is 29.1 Å². The van der Waals surface area contributed by atoms with Crippen molar-refractivity contribution in [2.45, 2.75) is 130 Å². The van der Waals surface area contributed by atoms with Gasteiger partial charge in [0.1, 0.15) is 0 Å². The Morgan fingerprint density at radius 2 is 0.864 bits per heavy atom. The lowest BCUT2D eigenvalue weighted by molar-refractivity contribution is -0.488. The monoisotopic (exact) mass is 1170 g/mol. The summed E-state index contributed by atoms with van der Waals surface area (Å²) in [5.41, 5.74) is 16.9. The molecule has 2 fully saturated rings. The maximum absolute atomic E-state index is 13.6. The number of aryl methyl sites for hydroxylation is 4. The molecule has 2 saturated carbocycles. The molecule has 0 aromatic heterocycles. The maximum Gasteiger partial charge on any atom is 0.251 e. The number of hydrogen-bond acceptors (Lipinski definition) is 7. The minimum atomic E-state index is -0.280. The number of nitrogens with zero attached hydrogens (tertiary/aromatic N) is 2. The van der Waals surface area contributed by atoms with Gasteiger partial charge in [0.2, 0.25) is 11.4 Å². The summed E-state index contributed by atoms with van der Waals surface area (Å²) in [7, 11) is 0. The van der Waals surface area contributed by atoms with Crippen LogP contribution in [-0.4, -0.2) is 51.8 Å². The quantitative estimate of drug-likeness (QED) is 0.0951. The van der Waals surface area contributed by atoms with Crippen molar-refractivity contribution in [1.82, 2.24) is 21.3 Å². The van der Waals surface area contributed by atoms with Gasteiger partial charge in [-0.05, 0) is 165 Å². The second-order valence-electron chi connectivity index (χ2n) is 23.9. The van der Waals surface area contributed by atoms with Gasteiger partial charge in [0.25, 0.3) is 23.6 Å². The lowest BCUT2D eigenvalue weighted by Crippen LogP contribution is -2.33. The van der Waals surface area contributed by atoms with Crippen molar-refractivity contribution in [1.29, 1.82) is 0 Å². The van der Waals surface area contributed by atoms with Crippen LogP contribution in [0.3, 0.4) is 0 Å². The molecule has 0 atom stereocenters. The first-order chi connectivity index (χ1) is 42.7. The van der Waals surface area contributed by atoms with Crippen LogP contribution in [0, 0.1) is 27.7 Å². The van der Waals surface area contributed by atoms with Crippen molar-refractivity contribution in [2.24, 2.45) is 0 Å². The Hall–Kier alpha value is -9.68. The van der Waals surface area contributed by atoms with Gasteiger partial charge in [-0.2, -0.15) is 4.58 Å². The average molecular weight is 1170 g/mol. The minimum Gasteiger partial charge on any atom is -0.871 e. The van der Waals surface area contributed by atoms with E-state index in [0.29, 0.717) is 82.8 Å². The second-order valence-corrected chi connectivity index (χ2v) is 23.9. The van der Waals surface area contributed by atoms with Gasteiger partial charge in [-0.15, -0.1) is 0 Å². The van der Waals surface area contributed by atoms with Crippen LogP contribution in [0.1, 0.15) is 156 Å². The number of carbonyl (C=O) groups is 5. The first-order valence-electron chi connectivity index (χ1n) is 31.0. The summed E-state index contributed by atoms with van der Waals surface area (Å²) in [6.07, 6.45) is 20.4. The Morgan fingerprint density at radius 1 is 0.432 bits per heavy atom. The number of allylic oxidation sites excluding steroid dienone is 7. The van der Waals surface area contributed by atoms with Crippen LogP contribution >= 0.6 is 0 Å². The molecular formula is C76H76N6O6. The zero-order chi connectivity index (χ0) is 61.3. The first-order valence-corrected chi connectivity index (χ1v) is 31.0. The standard InChI is InChI=1S/C44H48N2O2.C32H28N4O4/c1-29-15-25-39(31(3)27-29)45(35-11-7-5-8-12-35)37-21-17-33(18-22-37)41-43(47)42(44(41)48)34-19-23-38(24-20-34)46(36-13-9-6-10-14-36)40-26-16-30(2)28-32(40)4;37-29-25-3-1-4-26(15-25)30(38)34-18-22-9-13-24(14-10-22)20-36-32(40)28-6-2-5-27(16-28)31(39)35-19-23-11-7-21(8-12-23)17-33-29/h15-28,35-36H,5-14H2,1-4H3;1-16H,17-20H2,(H,33,37)(H,34,38)(H,35,39)(H,36,40). The molecule has 446 valence electrons. The zero-order valence-corrected chi connectivity index (χ0v) is 50.7. The number of hydrogen-bond donors (Lipinski definition) is 4. The highest BCUT2D eigenvalue weighted by atomic mass is 16.3. The summed E-state index contributed by atoms with van der Waals surface area (Å²) >= 11 is 0. The highest BCUT2D eigenvalue weighted by molar-refractivity contribution is 6.39. The predicted molar refractivity (Wildman–Crippen MR) is 347 cm³/mol. The van der Waals surface area contributed by atoms with Crippen molar-refractivity contribution in [3.63, 3.8) is 0 Å². The van der Waals surface area contributed by atoms with Gasteiger partial charge in [0, 0.05) is 114 Å². The first kappa shape index (κ1) is 60.0. The number of Topliss-reactive ketones (excluding diaryl/α,β-unsaturated/α-hetero) is 1. The lowest BCUT2D eigenvalue weighted by atomic mass is 9.80. The summed E-state index contributed by atoms with van der Waals surface area (Å²) in [5.74, 6) is -1.43. The smallest absolute Gasteiger partial charge is 0.251 e. The topological polar surface area (TPSA) is 163 Å². The molecule has 4 heterocycles. The van der Waals surface area contributed by atoms with Crippen LogP contribution in [0.4, 0.5) is 17.1 Å². The number of nitrogens with one attached hydrogen (secondary N) is 4. The number of amides is 4. The lowest BCUT2D eigenvalue weighted by Gasteiger charge is -2.37. The molecule has 4 aliphatic carbocycles. The van der Waals surface area contributed by atoms with Crippen molar-refractivity contribution in [3.05, 3.63) is 271 Å². The zero-order valence-electron chi connectivity index (χ0n) is 50.7. The molecule has 12 nitrogen and oxygen atoms in total. The van der Waals surface area contributed by atoms with E-state index < -0.39 is 0 Å². The van der Waals surface area contributed by atoms with Crippen LogP contribution in [-0.2, 0) is 31.0 Å². The summed E-state index contributed by atoms with van der Waals surface area (Å²) < 4.78 is 2.49. The third-order valence-electron chi connectivity index (χ3n) is 17.5. The molecule has 4 aliphatic heterocycles. The van der Waals surface area contributed by atoms with E-state index in [4.69, 9.17) is 0 Å². The molecule has 4 N–H and O–H groups in total. The Bertz CT molecular complexity index is 3720. The number of benzene rings is 7. The van der Waals surface area contributed by atoms with E-state index in [1.54, 1.807) is 48.5 Å². The fraction of sp³-hybridized carbons (Fsp3) is 0.263. The highest BCUT2D eigenvalue weighted by Gasteiger charge is 2.34. The largest absolute Gasteiger partial charge is 0.871 e. The van der Waals surface area contributed by atoms with Gasteiger partial charge in [0.05, 0.1) is 0 Å². The molecule has 4 amide bonds. The van der Waals surface area contributed by atoms with Crippen LogP contribution in [0.2, 0.25) is 0 Å². The van der Waals surface area contributed by atoms with Gasteiger partial charge < -0.3 is 31.3 Å². The summed E-state index contributed by atoms with van der Waals surface area (Å²) in [5, 5.41) is 25.1. The van der Waals surface area contributed by atoms with Crippen LogP contribution in [0.5, 0.6) is 0 Å². The Balaban J connectivity index is 0.000000185. The normalized spacial score (nSPS) is 16.9. The number of rotatable bonds is 6. The van der Waals surface area contributed by atoms with E-state index >= 15 is 0 Å².